The molecule has 0 bridgehead atoms. The molecule has 1 aliphatic heterocycles. The second-order valence-electron chi connectivity index (χ2n) is 7.22. The SMILES string of the molecule is Cc1nn(C)c(C)c1CN1CCC[C@@H]1c1ccnc(Nc2ccccn2)c1. The van der Waals surface area contributed by atoms with Gasteiger partial charge in [-0.3, -0.25) is 9.58 Å². The third kappa shape index (κ3) is 3.71. The van der Waals surface area contributed by atoms with Crippen LogP contribution in [0.5, 0.6) is 0 Å². The van der Waals surface area contributed by atoms with Crippen molar-refractivity contribution in [3.05, 3.63) is 65.2 Å². The normalized spacial score (nSPS) is 17.4. The van der Waals surface area contributed by atoms with Gasteiger partial charge in [0, 0.05) is 43.3 Å². The number of nitrogens with zero attached hydrogens (tertiary/aromatic N) is 5. The number of aryl methyl sites for hydroxylation is 2. The largest absolute Gasteiger partial charge is 0.325 e. The van der Waals surface area contributed by atoms with Crippen LogP contribution in [0.1, 0.15) is 41.4 Å². The number of rotatable bonds is 5. The summed E-state index contributed by atoms with van der Waals surface area (Å²) in [6, 6.07) is 10.5. The summed E-state index contributed by atoms with van der Waals surface area (Å²) >= 11 is 0. The molecule has 1 aliphatic rings. The van der Waals surface area contributed by atoms with Crippen molar-refractivity contribution < 1.29 is 0 Å². The van der Waals surface area contributed by atoms with Gasteiger partial charge in [0.25, 0.3) is 0 Å². The molecule has 1 atom stereocenters. The topological polar surface area (TPSA) is 58.9 Å². The first kappa shape index (κ1) is 17.7. The van der Waals surface area contributed by atoms with Gasteiger partial charge in [0.1, 0.15) is 11.6 Å². The van der Waals surface area contributed by atoms with Crippen LogP contribution >= 0.6 is 0 Å². The van der Waals surface area contributed by atoms with Gasteiger partial charge in [-0.1, -0.05) is 6.07 Å². The Kier molecular flexibility index (Phi) is 4.90. The summed E-state index contributed by atoms with van der Waals surface area (Å²) in [6.45, 7) is 6.32. The van der Waals surface area contributed by atoms with E-state index in [0.29, 0.717) is 6.04 Å². The van der Waals surface area contributed by atoms with Crippen LogP contribution in [-0.4, -0.2) is 31.2 Å². The van der Waals surface area contributed by atoms with Crippen molar-refractivity contribution in [1.82, 2.24) is 24.6 Å². The molecular formula is C21H26N6. The van der Waals surface area contributed by atoms with Crippen molar-refractivity contribution in [2.75, 3.05) is 11.9 Å². The number of hydrogen-bond donors (Lipinski definition) is 1. The van der Waals surface area contributed by atoms with E-state index in [0.717, 1.165) is 30.4 Å². The highest BCUT2D eigenvalue weighted by Crippen LogP contribution is 2.34. The Bertz CT molecular complexity index is 918. The highest BCUT2D eigenvalue weighted by atomic mass is 15.3. The molecule has 1 fully saturated rings. The maximum Gasteiger partial charge on any atom is 0.131 e. The Morgan fingerprint density at radius 3 is 2.70 bits per heavy atom. The van der Waals surface area contributed by atoms with Crippen LogP contribution in [0.3, 0.4) is 0 Å². The zero-order valence-corrected chi connectivity index (χ0v) is 16.2. The van der Waals surface area contributed by atoms with E-state index in [1.54, 1.807) is 6.20 Å². The molecule has 4 rings (SSSR count). The van der Waals surface area contributed by atoms with Gasteiger partial charge in [0.05, 0.1) is 5.69 Å². The second kappa shape index (κ2) is 7.48. The van der Waals surface area contributed by atoms with E-state index in [2.05, 4.69) is 51.3 Å². The first-order valence-corrected chi connectivity index (χ1v) is 9.49. The molecule has 6 heteroatoms. The van der Waals surface area contributed by atoms with Crippen LogP contribution in [0.15, 0.2) is 42.7 Å². The quantitative estimate of drug-likeness (QED) is 0.746. The molecule has 4 heterocycles. The Morgan fingerprint density at radius 1 is 1.11 bits per heavy atom. The maximum absolute atomic E-state index is 4.57. The molecule has 0 saturated carbocycles. The molecule has 0 amide bonds. The molecule has 140 valence electrons. The third-order valence-electron chi connectivity index (χ3n) is 5.47. The smallest absolute Gasteiger partial charge is 0.131 e. The predicted molar refractivity (Wildman–Crippen MR) is 107 cm³/mol. The van der Waals surface area contributed by atoms with E-state index in [1.807, 2.05) is 36.1 Å². The number of anilines is 2. The Balaban J connectivity index is 1.54. The molecule has 1 N–H and O–H groups in total. The molecule has 0 radical (unpaired) electrons. The molecular weight excluding hydrogens is 336 g/mol. The number of likely N-dealkylation sites (tertiary alicyclic amines) is 1. The van der Waals surface area contributed by atoms with Crippen molar-refractivity contribution in [2.24, 2.45) is 7.05 Å². The third-order valence-corrected chi connectivity index (χ3v) is 5.47. The number of nitrogens with one attached hydrogen (secondary N) is 1. The summed E-state index contributed by atoms with van der Waals surface area (Å²) in [4.78, 5) is 11.4. The summed E-state index contributed by atoms with van der Waals surface area (Å²) in [7, 11) is 2.02. The van der Waals surface area contributed by atoms with Crippen LogP contribution in [0.25, 0.3) is 0 Å². The lowest BCUT2D eigenvalue weighted by atomic mass is 10.0. The number of hydrogen-bond acceptors (Lipinski definition) is 5. The van der Waals surface area contributed by atoms with E-state index in [1.165, 1.54) is 29.7 Å². The van der Waals surface area contributed by atoms with Crippen molar-refractivity contribution in [2.45, 2.75) is 39.3 Å². The number of pyridine rings is 2. The van der Waals surface area contributed by atoms with Crippen molar-refractivity contribution >= 4 is 11.6 Å². The first-order chi connectivity index (χ1) is 13.1. The summed E-state index contributed by atoms with van der Waals surface area (Å²) in [5.74, 6) is 1.65. The van der Waals surface area contributed by atoms with Gasteiger partial charge in [-0.15, -0.1) is 0 Å². The minimum atomic E-state index is 0.413. The molecule has 1 saturated heterocycles. The second-order valence-corrected chi connectivity index (χ2v) is 7.22. The lowest BCUT2D eigenvalue weighted by Crippen LogP contribution is -2.23. The predicted octanol–water partition coefficient (Wildman–Crippen LogP) is 3.91. The maximum atomic E-state index is 4.57. The van der Waals surface area contributed by atoms with Gasteiger partial charge in [-0.2, -0.15) is 5.10 Å². The fraction of sp³-hybridized carbons (Fsp3) is 0.381. The van der Waals surface area contributed by atoms with Gasteiger partial charge in [-0.05, 0) is 63.1 Å². The lowest BCUT2D eigenvalue weighted by molar-refractivity contribution is 0.247. The van der Waals surface area contributed by atoms with Crippen LogP contribution in [-0.2, 0) is 13.6 Å². The van der Waals surface area contributed by atoms with Gasteiger partial charge < -0.3 is 5.32 Å². The zero-order valence-electron chi connectivity index (χ0n) is 16.2. The van der Waals surface area contributed by atoms with Gasteiger partial charge in [-0.25, -0.2) is 9.97 Å². The van der Waals surface area contributed by atoms with Gasteiger partial charge in [0.2, 0.25) is 0 Å². The average Bonchev–Trinajstić information content (AvgIpc) is 3.23. The molecule has 3 aromatic heterocycles. The minimum absolute atomic E-state index is 0.413. The van der Waals surface area contributed by atoms with E-state index in [9.17, 15) is 0 Å². The summed E-state index contributed by atoms with van der Waals surface area (Å²) in [5, 5.41) is 7.87. The first-order valence-electron chi connectivity index (χ1n) is 9.49. The molecule has 6 nitrogen and oxygen atoms in total. The van der Waals surface area contributed by atoms with Crippen molar-refractivity contribution in [3.63, 3.8) is 0 Å². The molecule has 3 aromatic rings. The fourth-order valence-corrected chi connectivity index (χ4v) is 3.93. The molecule has 0 unspecified atom stereocenters. The van der Waals surface area contributed by atoms with Crippen LogP contribution < -0.4 is 5.32 Å². The molecule has 0 spiro atoms. The van der Waals surface area contributed by atoms with Crippen LogP contribution in [0.4, 0.5) is 11.6 Å². The van der Waals surface area contributed by atoms with Crippen LogP contribution in [0.2, 0.25) is 0 Å². The van der Waals surface area contributed by atoms with Crippen molar-refractivity contribution in [3.8, 4) is 0 Å². The van der Waals surface area contributed by atoms with Crippen LogP contribution in [0, 0.1) is 13.8 Å². The average molecular weight is 362 g/mol. The fourth-order valence-electron chi connectivity index (χ4n) is 3.93. The van der Waals surface area contributed by atoms with Gasteiger partial charge >= 0.3 is 0 Å². The summed E-state index contributed by atoms with van der Waals surface area (Å²) in [6.07, 6.45) is 6.06. The molecule has 0 aromatic carbocycles. The highest BCUT2D eigenvalue weighted by molar-refractivity contribution is 5.52. The standard InChI is InChI=1S/C21H26N6/c1-15-18(16(2)26(3)25-15)14-27-12-6-7-19(27)17-9-11-23-21(13-17)24-20-8-4-5-10-22-20/h4-5,8-11,13,19H,6-7,12,14H2,1-3H3,(H,22,23,24)/t19-/m1/s1. The Labute approximate surface area is 160 Å². The lowest BCUT2D eigenvalue weighted by Gasteiger charge is -2.25. The summed E-state index contributed by atoms with van der Waals surface area (Å²) in [5.41, 5.74) is 5.05. The van der Waals surface area contributed by atoms with E-state index in [-0.39, 0.29) is 0 Å². The summed E-state index contributed by atoms with van der Waals surface area (Å²) < 4.78 is 1.98. The molecule has 27 heavy (non-hydrogen) atoms. The minimum Gasteiger partial charge on any atom is -0.325 e. The van der Waals surface area contributed by atoms with E-state index >= 15 is 0 Å². The number of aromatic nitrogens is 4. The van der Waals surface area contributed by atoms with Gasteiger partial charge in [0.15, 0.2) is 0 Å². The zero-order chi connectivity index (χ0) is 18.8. The highest BCUT2D eigenvalue weighted by Gasteiger charge is 2.27. The van der Waals surface area contributed by atoms with E-state index in [4.69, 9.17) is 0 Å². The monoisotopic (exact) mass is 362 g/mol. The van der Waals surface area contributed by atoms with E-state index < -0.39 is 0 Å². The molecule has 0 aliphatic carbocycles. The Hall–Kier alpha value is -2.73. The Morgan fingerprint density at radius 2 is 1.96 bits per heavy atom. The van der Waals surface area contributed by atoms with Crippen molar-refractivity contribution in [1.29, 1.82) is 0 Å².